The van der Waals surface area contributed by atoms with Gasteiger partial charge in [0.25, 0.3) is 0 Å². The molecule has 20 heavy (non-hydrogen) atoms. The molecule has 0 spiro atoms. The van der Waals surface area contributed by atoms with Crippen molar-refractivity contribution in [3.05, 3.63) is 0 Å². The number of hydrogen-bond acceptors (Lipinski definition) is 4. The summed E-state index contributed by atoms with van der Waals surface area (Å²) in [6.07, 6.45) is 4.54. The molecule has 0 aromatic heterocycles. The van der Waals surface area contributed by atoms with E-state index < -0.39 is 0 Å². The molecular weight excluding hydrogens is 250 g/mol. The number of morpholine rings is 1. The van der Waals surface area contributed by atoms with E-state index in [9.17, 15) is 0 Å². The molecule has 3 aliphatic heterocycles. The Morgan fingerprint density at radius 3 is 2.45 bits per heavy atom. The molecule has 0 N–H and O–H groups in total. The van der Waals surface area contributed by atoms with E-state index in [-0.39, 0.29) is 0 Å². The fourth-order valence-corrected chi connectivity index (χ4v) is 4.18. The smallest absolute Gasteiger partial charge is 0.0674 e. The minimum atomic E-state index is 0.427. The maximum atomic E-state index is 5.66. The molecule has 3 rings (SSSR count). The van der Waals surface area contributed by atoms with Crippen molar-refractivity contribution in [2.24, 2.45) is 5.92 Å². The molecule has 0 bridgehead atoms. The Labute approximate surface area is 124 Å². The minimum absolute atomic E-state index is 0.427. The SMILES string of the molecule is CC1CN(C2CCN(CC3CCN(C)C3)CC2)CCO1. The zero-order valence-electron chi connectivity index (χ0n) is 13.3. The van der Waals surface area contributed by atoms with Gasteiger partial charge in [0.2, 0.25) is 0 Å². The third-order valence-corrected chi connectivity index (χ3v) is 5.35. The molecule has 4 nitrogen and oxygen atoms in total. The first-order valence-electron chi connectivity index (χ1n) is 8.47. The molecule has 2 unspecified atom stereocenters. The molecule has 4 heteroatoms. The van der Waals surface area contributed by atoms with Crippen LogP contribution < -0.4 is 0 Å². The van der Waals surface area contributed by atoms with Crippen LogP contribution in [0.2, 0.25) is 0 Å². The van der Waals surface area contributed by atoms with Crippen molar-refractivity contribution in [1.29, 1.82) is 0 Å². The van der Waals surface area contributed by atoms with Gasteiger partial charge in [0.15, 0.2) is 0 Å². The summed E-state index contributed by atoms with van der Waals surface area (Å²) >= 11 is 0. The van der Waals surface area contributed by atoms with E-state index in [0.717, 1.165) is 31.7 Å². The van der Waals surface area contributed by atoms with Crippen molar-refractivity contribution in [2.75, 3.05) is 59.5 Å². The van der Waals surface area contributed by atoms with E-state index in [4.69, 9.17) is 4.74 Å². The second-order valence-electron chi connectivity index (χ2n) is 7.13. The molecule has 0 radical (unpaired) electrons. The van der Waals surface area contributed by atoms with E-state index in [1.807, 2.05) is 0 Å². The van der Waals surface area contributed by atoms with E-state index in [1.54, 1.807) is 0 Å². The lowest BCUT2D eigenvalue weighted by molar-refractivity contribution is -0.0438. The third kappa shape index (κ3) is 3.73. The van der Waals surface area contributed by atoms with Gasteiger partial charge in [-0.15, -0.1) is 0 Å². The molecule has 0 aliphatic carbocycles. The number of hydrogen-bond donors (Lipinski definition) is 0. The van der Waals surface area contributed by atoms with Crippen LogP contribution in [0.1, 0.15) is 26.2 Å². The Morgan fingerprint density at radius 1 is 1.00 bits per heavy atom. The summed E-state index contributed by atoms with van der Waals surface area (Å²) < 4.78 is 5.66. The van der Waals surface area contributed by atoms with E-state index in [2.05, 4.69) is 28.7 Å². The van der Waals surface area contributed by atoms with Gasteiger partial charge in [-0.25, -0.2) is 0 Å². The lowest BCUT2D eigenvalue weighted by Crippen LogP contribution is -2.51. The highest BCUT2D eigenvalue weighted by Gasteiger charge is 2.29. The second-order valence-corrected chi connectivity index (χ2v) is 7.13. The Balaban J connectivity index is 1.40. The standard InChI is InChI=1S/C16H31N3O/c1-14-11-19(9-10-20-14)16-4-7-18(8-5-16)13-15-3-6-17(2)12-15/h14-16H,3-13H2,1-2H3. The van der Waals surface area contributed by atoms with Crippen LogP contribution in [0.3, 0.4) is 0 Å². The van der Waals surface area contributed by atoms with E-state index in [0.29, 0.717) is 6.10 Å². The van der Waals surface area contributed by atoms with Crippen LogP contribution in [-0.2, 0) is 4.74 Å². The number of nitrogens with zero attached hydrogens (tertiary/aromatic N) is 3. The number of rotatable bonds is 3. The maximum absolute atomic E-state index is 5.66. The highest BCUT2D eigenvalue weighted by molar-refractivity contribution is 4.84. The molecule has 3 aliphatic rings. The zero-order valence-corrected chi connectivity index (χ0v) is 13.3. The summed E-state index contributed by atoms with van der Waals surface area (Å²) in [5.74, 6) is 0.917. The van der Waals surface area contributed by atoms with E-state index in [1.165, 1.54) is 52.0 Å². The monoisotopic (exact) mass is 281 g/mol. The first-order chi connectivity index (χ1) is 9.70. The van der Waals surface area contributed by atoms with Crippen LogP contribution in [0.4, 0.5) is 0 Å². The summed E-state index contributed by atoms with van der Waals surface area (Å²) in [4.78, 5) is 7.87. The van der Waals surface area contributed by atoms with Gasteiger partial charge in [0.05, 0.1) is 12.7 Å². The van der Waals surface area contributed by atoms with Crippen LogP contribution in [0.5, 0.6) is 0 Å². The predicted molar refractivity (Wildman–Crippen MR) is 82.1 cm³/mol. The molecule has 3 heterocycles. The molecule has 2 atom stereocenters. The zero-order chi connectivity index (χ0) is 13.9. The Hall–Kier alpha value is -0.160. The van der Waals surface area contributed by atoms with Gasteiger partial charge in [-0.05, 0) is 58.8 Å². The fraction of sp³-hybridized carbons (Fsp3) is 1.00. The lowest BCUT2D eigenvalue weighted by atomic mass is 10.00. The Bertz CT molecular complexity index is 304. The van der Waals surface area contributed by atoms with Crippen molar-refractivity contribution >= 4 is 0 Å². The van der Waals surface area contributed by atoms with Crippen LogP contribution in [0.15, 0.2) is 0 Å². The normalized spacial score (nSPS) is 35.7. The minimum Gasteiger partial charge on any atom is -0.376 e. The summed E-state index contributed by atoms with van der Waals surface area (Å²) in [7, 11) is 2.26. The van der Waals surface area contributed by atoms with Crippen LogP contribution in [0, 0.1) is 5.92 Å². The first kappa shape index (κ1) is 14.8. The fourth-order valence-electron chi connectivity index (χ4n) is 4.18. The molecule has 3 saturated heterocycles. The average molecular weight is 281 g/mol. The Kier molecular flexibility index (Phi) is 4.97. The average Bonchev–Trinajstić information content (AvgIpc) is 2.85. The second kappa shape index (κ2) is 6.73. The molecule has 0 saturated carbocycles. The molecule has 0 aromatic carbocycles. The van der Waals surface area contributed by atoms with Gasteiger partial charge in [0.1, 0.15) is 0 Å². The van der Waals surface area contributed by atoms with Gasteiger partial charge in [-0.2, -0.15) is 0 Å². The lowest BCUT2D eigenvalue weighted by Gasteiger charge is -2.42. The maximum Gasteiger partial charge on any atom is 0.0674 e. The topological polar surface area (TPSA) is 19.0 Å². The largest absolute Gasteiger partial charge is 0.376 e. The van der Waals surface area contributed by atoms with Crippen molar-refractivity contribution in [2.45, 2.75) is 38.3 Å². The molecule has 116 valence electrons. The van der Waals surface area contributed by atoms with Gasteiger partial charge >= 0.3 is 0 Å². The van der Waals surface area contributed by atoms with Crippen LogP contribution in [0.25, 0.3) is 0 Å². The summed E-state index contributed by atoms with van der Waals surface area (Å²) in [5, 5.41) is 0. The predicted octanol–water partition coefficient (Wildman–Crippen LogP) is 1.12. The summed E-state index contributed by atoms with van der Waals surface area (Å²) in [6, 6.07) is 0.809. The Morgan fingerprint density at radius 2 is 1.80 bits per heavy atom. The summed E-state index contributed by atoms with van der Waals surface area (Å²) in [6.45, 7) is 12.0. The van der Waals surface area contributed by atoms with Crippen molar-refractivity contribution in [1.82, 2.24) is 14.7 Å². The molecule has 0 aromatic rings. The van der Waals surface area contributed by atoms with Gasteiger partial charge in [-0.3, -0.25) is 4.90 Å². The first-order valence-corrected chi connectivity index (χ1v) is 8.47. The highest BCUT2D eigenvalue weighted by Crippen LogP contribution is 2.22. The third-order valence-electron chi connectivity index (χ3n) is 5.35. The van der Waals surface area contributed by atoms with Crippen molar-refractivity contribution in [3.63, 3.8) is 0 Å². The van der Waals surface area contributed by atoms with E-state index >= 15 is 0 Å². The van der Waals surface area contributed by atoms with Gasteiger partial charge in [-0.1, -0.05) is 0 Å². The van der Waals surface area contributed by atoms with Crippen LogP contribution in [-0.4, -0.2) is 86.3 Å². The molecule has 0 amide bonds. The quantitative estimate of drug-likeness (QED) is 0.772. The molecule has 3 fully saturated rings. The number of piperidine rings is 1. The van der Waals surface area contributed by atoms with Crippen LogP contribution >= 0.6 is 0 Å². The number of likely N-dealkylation sites (tertiary alicyclic amines) is 2. The van der Waals surface area contributed by atoms with Crippen molar-refractivity contribution in [3.8, 4) is 0 Å². The van der Waals surface area contributed by atoms with Gasteiger partial charge in [0, 0.05) is 32.2 Å². The van der Waals surface area contributed by atoms with Gasteiger partial charge < -0.3 is 14.5 Å². The summed E-state index contributed by atoms with van der Waals surface area (Å²) in [5.41, 5.74) is 0. The highest BCUT2D eigenvalue weighted by atomic mass is 16.5. The number of ether oxygens (including phenoxy) is 1. The molecular formula is C16H31N3O. The van der Waals surface area contributed by atoms with Crippen molar-refractivity contribution < 1.29 is 4.74 Å².